The summed E-state index contributed by atoms with van der Waals surface area (Å²) < 4.78 is 0. The molecule has 100 valence electrons. The number of anilines is 1. The Morgan fingerprint density at radius 1 is 1.33 bits per heavy atom. The van der Waals surface area contributed by atoms with Gasteiger partial charge in [0.2, 0.25) is 0 Å². The first-order valence-corrected chi connectivity index (χ1v) is 7.39. The van der Waals surface area contributed by atoms with Crippen molar-refractivity contribution in [1.29, 1.82) is 0 Å². The normalized spacial score (nSPS) is 20.8. The van der Waals surface area contributed by atoms with Gasteiger partial charge in [0.25, 0.3) is 0 Å². The molecule has 2 nitrogen and oxygen atoms in total. The van der Waals surface area contributed by atoms with E-state index in [1.54, 1.807) is 0 Å². The van der Waals surface area contributed by atoms with Gasteiger partial charge < -0.3 is 10.6 Å². The number of nitrogens with two attached hydrogens (primary N) is 1. The summed E-state index contributed by atoms with van der Waals surface area (Å²) in [6.07, 6.45) is 6.42. The number of benzene rings is 1. The quantitative estimate of drug-likeness (QED) is 0.897. The second-order valence-electron chi connectivity index (χ2n) is 5.09. The molecule has 1 fully saturated rings. The smallest absolute Gasteiger partial charge is 0.0642 e. The van der Waals surface area contributed by atoms with Gasteiger partial charge in [-0.25, -0.2) is 0 Å². The summed E-state index contributed by atoms with van der Waals surface area (Å²) in [6, 6.07) is 6.87. The van der Waals surface area contributed by atoms with Gasteiger partial charge in [-0.3, -0.25) is 0 Å². The maximum absolute atomic E-state index is 6.42. The van der Waals surface area contributed by atoms with Gasteiger partial charge in [-0.15, -0.1) is 0 Å². The summed E-state index contributed by atoms with van der Waals surface area (Å²) in [4.78, 5) is 2.50. The van der Waals surface area contributed by atoms with Crippen LogP contribution in [0.5, 0.6) is 0 Å². The van der Waals surface area contributed by atoms with Crippen molar-refractivity contribution >= 4 is 17.3 Å². The van der Waals surface area contributed by atoms with Crippen molar-refractivity contribution in [3.05, 3.63) is 28.8 Å². The number of hydrogen-bond donors (Lipinski definition) is 1. The van der Waals surface area contributed by atoms with E-state index in [-0.39, 0.29) is 0 Å². The van der Waals surface area contributed by atoms with Gasteiger partial charge in [-0.2, -0.15) is 0 Å². The van der Waals surface area contributed by atoms with E-state index in [0.717, 1.165) is 17.1 Å². The Morgan fingerprint density at radius 3 is 2.83 bits per heavy atom. The van der Waals surface area contributed by atoms with Crippen LogP contribution in [0.2, 0.25) is 5.02 Å². The second kappa shape index (κ2) is 6.44. The maximum atomic E-state index is 6.42. The molecule has 1 heterocycles. The van der Waals surface area contributed by atoms with Gasteiger partial charge in [0.15, 0.2) is 0 Å². The predicted octanol–water partition coefficient (Wildman–Crippen LogP) is 3.96. The zero-order chi connectivity index (χ0) is 13.0. The molecule has 0 radical (unpaired) electrons. The number of halogens is 1. The van der Waals surface area contributed by atoms with Gasteiger partial charge in [0.05, 0.1) is 10.7 Å². The molecule has 2 N–H and O–H groups in total. The van der Waals surface area contributed by atoms with E-state index >= 15 is 0 Å². The minimum absolute atomic E-state index is 0.553. The molecule has 0 aromatic heterocycles. The number of rotatable bonds is 3. The average Bonchev–Trinajstić information content (AvgIpc) is 2.63. The monoisotopic (exact) mass is 266 g/mol. The van der Waals surface area contributed by atoms with Gasteiger partial charge in [-0.1, -0.05) is 37.4 Å². The van der Waals surface area contributed by atoms with Crippen molar-refractivity contribution in [3.63, 3.8) is 0 Å². The molecule has 1 unspecified atom stereocenters. The lowest BCUT2D eigenvalue weighted by Gasteiger charge is -2.32. The van der Waals surface area contributed by atoms with Gasteiger partial charge in [0.1, 0.15) is 0 Å². The maximum Gasteiger partial charge on any atom is 0.0642 e. The van der Waals surface area contributed by atoms with E-state index in [1.165, 1.54) is 37.8 Å². The Bertz CT molecular complexity index is 392. The first kappa shape index (κ1) is 13.7. The lowest BCUT2D eigenvalue weighted by atomic mass is 10.1. The zero-order valence-corrected chi connectivity index (χ0v) is 11.9. The van der Waals surface area contributed by atoms with E-state index in [4.69, 9.17) is 17.3 Å². The highest BCUT2D eigenvalue weighted by Crippen LogP contribution is 2.32. The van der Waals surface area contributed by atoms with Gasteiger partial charge in [0, 0.05) is 19.1 Å². The van der Waals surface area contributed by atoms with Crippen LogP contribution in [0.1, 0.15) is 44.6 Å². The van der Waals surface area contributed by atoms with Crippen LogP contribution in [0, 0.1) is 0 Å². The van der Waals surface area contributed by atoms with Crippen molar-refractivity contribution in [2.75, 3.05) is 11.4 Å². The molecule has 1 aliphatic rings. The third-order valence-electron chi connectivity index (χ3n) is 3.91. The lowest BCUT2D eigenvalue weighted by molar-refractivity contribution is 0.556. The van der Waals surface area contributed by atoms with Crippen molar-refractivity contribution in [2.24, 2.45) is 5.73 Å². The van der Waals surface area contributed by atoms with Crippen LogP contribution < -0.4 is 10.6 Å². The predicted molar refractivity (Wildman–Crippen MR) is 79.2 cm³/mol. The third kappa shape index (κ3) is 2.99. The Labute approximate surface area is 115 Å². The molecule has 1 saturated heterocycles. The molecular weight excluding hydrogens is 244 g/mol. The molecule has 18 heavy (non-hydrogen) atoms. The standard InChI is InChI=1S/C15H23ClN2/c1-2-13-6-4-3-5-9-18(13)15-8-7-12(11-17)10-14(15)16/h7-8,10,13H,2-6,9,11,17H2,1H3. The highest BCUT2D eigenvalue weighted by atomic mass is 35.5. The topological polar surface area (TPSA) is 29.3 Å². The van der Waals surface area contributed by atoms with E-state index in [1.807, 2.05) is 6.07 Å². The van der Waals surface area contributed by atoms with Crippen molar-refractivity contribution in [1.82, 2.24) is 0 Å². The minimum atomic E-state index is 0.553. The summed E-state index contributed by atoms with van der Waals surface area (Å²) in [7, 11) is 0. The van der Waals surface area contributed by atoms with Crippen LogP contribution >= 0.6 is 11.6 Å². The summed E-state index contributed by atoms with van der Waals surface area (Å²) in [5.41, 5.74) is 7.94. The molecule has 0 amide bonds. The molecule has 1 aromatic carbocycles. The molecule has 1 atom stereocenters. The molecule has 0 aliphatic carbocycles. The zero-order valence-electron chi connectivity index (χ0n) is 11.2. The molecule has 3 heteroatoms. The largest absolute Gasteiger partial charge is 0.367 e. The van der Waals surface area contributed by atoms with Crippen molar-refractivity contribution in [3.8, 4) is 0 Å². The Morgan fingerprint density at radius 2 is 2.17 bits per heavy atom. The van der Waals surface area contributed by atoms with Gasteiger partial charge >= 0.3 is 0 Å². The molecule has 1 aliphatic heterocycles. The Hall–Kier alpha value is -0.730. The minimum Gasteiger partial charge on any atom is -0.367 e. The number of nitrogens with zero attached hydrogens (tertiary/aromatic N) is 1. The van der Waals surface area contributed by atoms with Crippen LogP contribution in [-0.4, -0.2) is 12.6 Å². The molecule has 0 spiro atoms. The number of hydrogen-bond acceptors (Lipinski definition) is 2. The summed E-state index contributed by atoms with van der Waals surface area (Å²) in [5.74, 6) is 0. The third-order valence-corrected chi connectivity index (χ3v) is 4.21. The molecule has 1 aromatic rings. The van der Waals surface area contributed by atoms with E-state index in [2.05, 4.69) is 24.0 Å². The average molecular weight is 267 g/mol. The van der Waals surface area contributed by atoms with Gasteiger partial charge in [-0.05, 0) is 37.0 Å². The highest BCUT2D eigenvalue weighted by Gasteiger charge is 2.21. The van der Waals surface area contributed by atoms with Crippen LogP contribution in [-0.2, 0) is 6.54 Å². The van der Waals surface area contributed by atoms with Crippen LogP contribution in [0.15, 0.2) is 18.2 Å². The summed E-state index contributed by atoms with van der Waals surface area (Å²) in [6.45, 7) is 3.95. The van der Waals surface area contributed by atoms with Crippen molar-refractivity contribution in [2.45, 2.75) is 51.6 Å². The fourth-order valence-corrected chi connectivity index (χ4v) is 3.14. The first-order valence-electron chi connectivity index (χ1n) is 7.01. The van der Waals surface area contributed by atoms with Crippen LogP contribution in [0.3, 0.4) is 0 Å². The van der Waals surface area contributed by atoms with Crippen molar-refractivity contribution < 1.29 is 0 Å². The van der Waals surface area contributed by atoms with Crippen LogP contribution in [0.4, 0.5) is 5.69 Å². The lowest BCUT2D eigenvalue weighted by Crippen LogP contribution is -2.34. The highest BCUT2D eigenvalue weighted by molar-refractivity contribution is 6.33. The molecular formula is C15H23ClN2. The molecule has 2 rings (SSSR count). The fourth-order valence-electron chi connectivity index (χ4n) is 2.83. The van der Waals surface area contributed by atoms with E-state index < -0.39 is 0 Å². The first-order chi connectivity index (χ1) is 8.76. The Kier molecular flexibility index (Phi) is 4.90. The Balaban J connectivity index is 2.27. The second-order valence-corrected chi connectivity index (χ2v) is 5.50. The fraction of sp³-hybridized carbons (Fsp3) is 0.600. The van der Waals surface area contributed by atoms with E-state index in [9.17, 15) is 0 Å². The SMILES string of the molecule is CCC1CCCCCN1c1ccc(CN)cc1Cl. The molecule has 0 saturated carbocycles. The van der Waals surface area contributed by atoms with E-state index in [0.29, 0.717) is 12.6 Å². The molecule has 0 bridgehead atoms. The summed E-state index contributed by atoms with van der Waals surface area (Å²) in [5, 5.41) is 0.846. The summed E-state index contributed by atoms with van der Waals surface area (Å²) >= 11 is 6.42. The van der Waals surface area contributed by atoms with Crippen LogP contribution in [0.25, 0.3) is 0 Å².